The molecule has 5 nitrogen and oxygen atoms in total. The van der Waals surface area contributed by atoms with Crippen molar-refractivity contribution in [1.82, 2.24) is 0 Å². The lowest BCUT2D eigenvalue weighted by Crippen LogP contribution is -2.32. The Morgan fingerprint density at radius 1 is 1.25 bits per heavy atom. The molecule has 110 valence electrons. The Balaban J connectivity index is 1.72. The zero-order valence-corrected chi connectivity index (χ0v) is 11.8. The van der Waals surface area contributed by atoms with Crippen molar-refractivity contribution in [3.05, 3.63) is 24.3 Å². The van der Waals surface area contributed by atoms with Crippen molar-refractivity contribution in [2.24, 2.45) is 5.73 Å². The lowest BCUT2D eigenvalue weighted by atomic mass is 9.94. The zero-order valence-electron chi connectivity index (χ0n) is 11.8. The first-order chi connectivity index (χ1) is 9.67. The van der Waals surface area contributed by atoms with Gasteiger partial charge in [-0.3, -0.25) is 4.79 Å². The van der Waals surface area contributed by atoms with E-state index in [-0.39, 0.29) is 18.6 Å². The van der Waals surface area contributed by atoms with E-state index in [1.165, 1.54) is 0 Å². The van der Waals surface area contributed by atoms with Crippen molar-refractivity contribution < 1.29 is 14.3 Å². The number of benzene rings is 1. The average Bonchev–Trinajstić information content (AvgIpc) is 2.47. The quantitative estimate of drug-likeness (QED) is 0.863. The van der Waals surface area contributed by atoms with Gasteiger partial charge in [0.2, 0.25) is 5.91 Å². The molecule has 1 aliphatic carbocycles. The van der Waals surface area contributed by atoms with Crippen LogP contribution in [0.25, 0.3) is 0 Å². The lowest BCUT2D eigenvalue weighted by Gasteiger charge is -2.25. The number of amides is 1. The third-order valence-corrected chi connectivity index (χ3v) is 3.54. The maximum absolute atomic E-state index is 11.8. The SMILES string of the molecule is COc1ccc(NC(=O)COC2CCC(N)CC2)cc1. The number of rotatable bonds is 5. The topological polar surface area (TPSA) is 73.6 Å². The molecule has 0 aliphatic heterocycles. The van der Waals surface area contributed by atoms with Crippen molar-refractivity contribution in [3.63, 3.8) is 0 Å². The second kappa shape index (κ2) is 7.26. The van der Waals surface area contributed by atoms with E-state index in [2.05, 4.69) is 5.32 Å². The number of nitrogens with two attached hydrogens (primary N) is 1. The first-order valence-corrected chi connectivity index (χ1v) is 6.98. The van der Waals surface area contributed by atoms with Crippen molar-refractivity contribution in [2.45, 2.75) is 37.8 Å². The first kappa shape index (κ1) is 14.8. The Morgan fingerprint density at radius 2 is 1.90 bits per heavy atom. The average molecular weight is 278 g/mol. The van der Waals surface area contributed by atoms with Crippen LogP contribution in [0.5, 0.6) is 5.75 Å². The lowest BCUT2D eigenvalue weighted by molar-refractivity contribution is -0.123. The molecule has 1 amide bonds. The molecule has 1 aromatic rings. The van der Waals surface area contributed by atoms with Gasteiger partial charge in [-0.1, -0.05) is 0 Å². The summed E-state index contributed by atoms with van der Waals surface area (Å²) in [6, 6.07) is 7.51. The van der Waals surface area contributed by atoms with Crippen LogP contribution in [0.1, 0.15) is 25.7 Å². The maximum Gasteiger partial charge on any atom is 0.250 e. The van der Waals surface area contributed by atoms with Gasteiger partial charge in [-0.25, -0.2) is 0 Å². The highest BCUT2D eigenvalue weighted by Gasteiger charge is 2.19. The van der Waals surface area contributed by atoms with Crippen LogP contribution in [0.2, 0.25) is 0 Å². The molecule has 1 fully saturated rings. The second-order valence-electron chi connectivity index (χ2n) is 5.12. The van der Waals surface area contributed by atoms with E-state index in [0.29, 0.717) is 6.04 Å². The number of carbonyl (C=O) groups excluding carboxylic acids is 1. The standard InChI is InChI=1S/C15H22N2O3/c1-19-13-8-4-12(5-9-13)17-15(18)10-20-14-6-2-11(16)3-7-14/h4-5,8-9,11,14H,2-3,6-7,10,16H2,1H3,(H,17,18). The Morgan fingerprint density at radius 3 is 2.50 bits per heavy atom. The van der Waals surface area contributed by atoms with Gasteiger partial charge in [-0.05, 0) is 49.9 Å². The van der Waals surface area contributed by atoms with E-state index < -0.39 is 0 Å². The second-order valence-corrected chi connectivity index (χ2v) is 5.12. The number of nitrogens with one attached hydrogen (secondary N) is 1. The summed E-state index contributed by atoms with van der Waals surface area (Å²) in [5.74, 6) is 0.628. The van der Waals surface area contributed by atoms with Crippen LogP contribution in [-0.2, 0) is 9.53 Å². The molecule has 0 saturated heterocycles. The molecule has 0 radical (unpaired) electrons. The molecule has 0 atom stereocenters. The van der Waals surface area contributed by atoms with Crippen molar-refractivity contribution in [3.8, 4) is 5.75 Å². The fraction of sp³-hybridized carbons (Fsp3) is 0.533. The highest BCUT2D eigenvalue weighted by Crippen LogP contribution is 2.20. The molecule has 0 bridgehead atoms. The highest BCUT2D eigenvalue weighted by atomic mass is 16.5. The Kier molecular flexibility index (Phi) is 5.38. The Bertz CT molecular complexity index is 425. The van der Waals surface area contributed by atoms with E-state index in [1.54, 1.807) is 31.4 Å². The summed E-state index contributed by atoms with van der Waals surface area (Å²) < 4.78 is 10.7. The molecular formula is C15H22N2O3. The van der Waals surface area contributed by atoms with Gasteiger partial charge in [0, 0.05) is 11.7 Å². The fourth-order valence-corrected chi connectivity index (χ4v) is 2.32. The van der Waals surface area contributed by atoms with Crippen LogP contribution in [0.15, 0.2) is 24.3 Å². The molecule has 0 spiro atoms. The summed E-state index contributed by atoms with van der Waals surface area (Å²) in [7, 11) is 1.61. The van der Waals surface area contributed by atoms with E-state index in [0.717, 1.165) is 37.1 Å². The minimum atomic E-state index is -0.134. The Labute approximate surface area is 119 Å². The van der Waals surface area contributed by atoms with Crippen LogP contribution in [0.4, 0.5) is 5.69 Å². The van der Waals surface area contributed by atoms with Crippen LogP contribution in [0, 0.1) is 0 Å². The maximum atomic E-state index is 11.8. The first-order valence-electron chi connectivity index (χ1n) is 6.98. The van der Waals surface area contributed by atoms with Gasteiger partial charge in [0.05, 0.1) is 13.2 Å². The number of ether oxygens (including phenoxy) is 2. The zero-order chi connectivity index (χ0) is 14.4. The Hall–Kier alpha value is -1.59. The van der Waals surface area contributed by atoms with Crippen LogP contribution >= 0.6 is 0 Å². The van der Waals surface area contributed by atoms with E-state index >= 15 is 0 Å². The predicted molar refractivity (Wildman–Crippen MR) is 77.8 cm³/mol. The van der Waals surface area contributed by atoms with Crippen molar-refractivity contribution in [1.29, 1.82) is 0 Å². The van der Waals surface area contributed by atoms with Crippen molar-refractivity contribution >= 4 is 11.6 Å². The minimum absolute atomic E-state index is 0.0892. The number of hydrogen-bond acceptors (Lipinski definition) is 4. The summed E-state index contributed by atoms with van der Waals surface area (Å²) >= 11 is 0. The highest BCUT2D eigenvalue weighted by molar-refractivity contribution is 5.91. The number of carbonyl (C=O) groups is 1. The molecule has 2 rings (SSSR count). The predicted octanol–water partition coefficient (Wildman–Crippen LogP) is 1.92. The van der Waals surface area contributed by atoms with Crippen molar-refractivity contribution in [2.75, 3.05) is 19.0 Å². The minimum Gasteiger partial charge on any atom is -0.497 e. The van der Waals surface area contributed by atoms with E-state index in [4.69, 9.17) is 15.2 Å². The number of anilines is 1. The van der Waals surface area contributed by atoms with Gasteiger partial charge in [0.25, 0.3) is 0 Å². The third kappa shape index (κ3) is 4.51. The molecule has 0 heterocycles. The van der Waals surface area contributed by atoms with E-state index in [9.17, 15) is 4.79 Å². The number of hydrogen-bond donors (Lipinski definition) is 2. The van der Waals surface area contributed by atoms with Gasteiger partial charge >= 0.3 is 0 Å². The molecule has 1 saturated carbocycles. The molecule has 0 aromatic heterocycles. The largest absolute Gasteiger partial charge is 0.497 e. The summed E-state index contributed by atoms with van der Waals surface area (Å²) in [5, 5.41) is 2.80. The van der Waals surface area contributed by atoms with E-state index in [1.807, 2.05) is 0 Å². The molecule has 5 heteroatoms. The van der Waals surface area contributed by atoms with Gasteiger partial charge in [0.15, 0.2) is 0 Å². The molecule has 20 heavy (non-hydrogen) atoms. The normalized spacial score (nSPS) is 22.3. The third-order valence-electron chi connectivity index (χ3n) is 3.54. The van der Waals surface area contributed by atoms with Gasteiger partial charge in [-0.15, -0.1) is 0 Å². The molecule has 1 aliphatic rings. The van der Waals surface area contributed by atoms with Crippen LogP contribution < -0.4 is 15.8 Å². The monoisotopic (exact) mass is 278 g/mol. The van der Waals surface area contributed by atoms with Crippen LogP contribution in [-0.4, -0.2) is 31.8 Å². The van der Waals surface area contributed by atoms with Gasteiger partial charge < -0.3 is 20.5 Å². The molecule has 0 unspecified atom stereocenters. The smallest absolute Gasteiger partial charge is 0.250 e. The van der Waals surface area contributed by atoms with Gasteiger partial charge in [0.1, 0.15) is 12.4 Å². The summed E-state index contributed by atoms with van der Waals surface area (Å²) in [6.45, 7) is 0.0892. The molecular weight excluding hydrogens is 256 g/mol. The molecule has 3 N–H and O–H groups in total. The number of methoxy groups -OCH3 is 1. The fourth-order valence-electron chi connectivity index (χ4n) is 2.32. The van der Waals surface area contributed by atoms with Gasteiger partial charge in [-0.2, -0.15) is 0 Å². The molecule has 1 aromatic carbocycles. The summed E-state index contributed by atoms with van der Waals surface area (Å²) in [4.78, 5) is 11.8. The van der Waals surface area contributed by atoms with Crippen LogP contribution in [0.3, 0.4) is 0 Å². The summed E-state index contributed by atoms with van der Waals surface area (Å²) in [5.41, 5.74) is 6.57. The summed E-state index contributed by atoms with van der Waals surface area (Å²) in [6.07, 6.45) is 4.00.